The highest BCUT2D eigenvalue weighted by Crippen LogP contribution is 2.18. The summed E-state index contributed by atoms with van der Waals surface area (Å²) in [4.78, 5) is 17.0. The Hall–Kier alpha value is -3.63. The van der Waals surface area contributed by atoms with E-state index in [4.69, 9.17) is 5.26 Å². The molecule has 0 aliphatic rings. The number of benzene rings is 2. The summed E-state index contributed by atoms with van der Waals surface area (Å²) in [6.45, 7) is 3.89. The number of amides is 1. The zero-order valence-electron chi connectivity index (χ0n) is 15.3. The van der Waals surface area contributed by atoms with E-state index in [-0.39, 0.29) is 5.91 Å². The Morgan fingerprint density at radius 3 is 2.67 bits per heavy atom. The fraction of sp³-hybridized carbons (Fsp3) is 0.174. The number of nitriles is 1. The molecule has 0 saturated carbocycles. The van der Waals surface area contributed by atoms with Gasteiger partial charge in [0.25, 0.3) is 5.91 Å². The van der Waals surface area contributed by atoms with E-state index in [9.17, 15) is 4.79 Å². The predicted octanol–water partition coefficient (Wildman–Crippen LogP) is 4.06. The van der Waals surface area contributed by atoms with E-state index < -0.39 is 5.54 Å². The number of nitrogens with one attached hydrogen (secondary N) is 1. The molecule has 4 nitrogen and oxygen atoms in total. The molecular formula is C23H19N3O. The summed E-state index contributed by atoms with van der Waals surface area (Å²) in [5.74, 6) is 6.06. The summed E-state index contributed by atoms with van der Waals surface area (Å²) < 4.78 is 0. The van der Waals surface area contributed by atoms with Crippen LogP contribution >= 0.6 is 0 Å². The highest BCUT2D eigenvalue weighted by molar-refractivity contribution is 5.98. The van der Waals surface area contributed by atoms with Crippen LogP contribution in [0.2, 0.25) is 0 Å². The Morgan fingerprint density at radius 1 is 1.19 bits per heavy atom. The highest BCUT2D eigenvalue weighted by Gasteiger charge is 2.23. The Kier molecular flexibility index (Phi) is 5.20. The van der Waals surface area contributed by atoms with Crippen molar-refractivity contribution < 1.29 is 4.79 Å². The predicted molar refractivity (Wildman–Crippen MR) is 106 cm³/mol. The number of hydrogen-bond donors (Lipinski definition) is 1. The van der Waals surface area contributed by atoms with Crippen molar-refractivity contribution in [1.82, 2.24) is 10.3 Å². The number of hydrogen-bond acceptors (Lipinski definition) is 3. The maximum Gasteiger partial charge on any atom is 0.254 e. The molecule has 27 heavy (non-hydrogen) atoms. The first kappa shape index (κ1) is 18.2. The fourth-order valence-corrected chi connectivity index (χ4v) is 2.64. The van der Waals surface area contributed by atoms with Crippen molar-refractivity contribution in [1.29, 1.82) is 5.26 Å². The number of rotatable bonds is 3. The van der Waals surface area contributed by atoms with Crippen LogP contribution in [0, 0.1) is 23.2 Å². The molecule has 0 spiro atoms. The van der Waals surface area contributed by atoms with E-state index in [1.54, 1.807) is 18.2 Å². The van der Waals surface area contributed by atoms with E-state index in [0.717, 1.165) is 10.9 Å². The topological polar surface area (TPSA) is 65.8 Å². The van der Waals surface area contributed by atoms with Gasteiger partial charge in [0.15, 0.2) is 0 Å². The molecule has 3 rings (SSSR count). The minimum absolute atomic E-state index is 0.238. The monoisotopic (exact) mass is 353 g/mol. The zero-order valence-corrected chi connectivity index (χ0v) is 15.3. The number of fused-ring (bicyclic) bond motifs is 1. The summed E-state index contributed by atoms with van der Waals surface area (Å²) in [5.41, 5.74) is 1.78. The van der Waals surface area contributed by atoms with Crippen LogP contribution < -0.4 is 5.32 Å². The molecule has 0 bridgehead atoms. The van der Waals surface area contributed by atoms with Crippen molar-refractivity contribution in [3.8, 4) is 17.9 Å². The SMILES string of the molecule is CCC(C)(C#Cc1ccccc1)NC(=O)c1cnc2c(C#N)cccc2c1. The Labute approximate surface area is 158 Å². The molecule has 1 heterocycles. The molecule has 0 saturated heterocycles. The zero-order chi connectivity index (χ0) is 19.3. The van der Waals surface area contributed by atoms with Gasteiger partial charge in [-0.1, -0.05) is 49.1 Å². The lowest BCUT2D eigenvalue weighted by Gasteiger charge is -2.23. The Morgan fingerprint density at radius 2 is 1.96 bits per heavy atom. The van der Waals surface area contributed by atoms with E-state index in [0.29, 0.717) is 23.1 Å². The molecule has 0 aliphatic carbocycles. The van der Waals surface area contributed by atoms with Gasteiger partial charge >= 0.3 is 0 Å². The third kappa shape index (κ3) is 4.14. The van der Waals surface area contributed by atoms with Crippen LogP contribution in [0.1, 0.15) is 41.8 Å². The van der Waals surface area contributed by atoms with Gasteiger partial charge < -0.3 is 5.32 Å². The molecular weight excluding hydrogens is 334 g/mol. The van der Waals surface area contributed by atoms with Gasteiger partial charge in [-0.2, -0.15) is 5.26 Å². The van der Waals surface area contributed by atoms with Gasteiger partial charge in [0, 0.05) is 17.1 Å². The van der Waals surface area contributed by atoms with E-state index in [1.807, 2.05) is 50.2 Å². The van der Waals surface area contributed by atoms with Crippen molar-refractivity contribution in [2.75, 3.05) is 0 Å². The number of carbonyl (C=O) groups excluding carboxylic acids is 1. The van der Waals surface area contributed by atoms with Crippen LogP contribution in [-0.4, -0.2) is 16.4 Å². The highest BCUT2D eigenvalue weighted by atomic mass is 16.1. The lowest BCUT2D eigenvalue weighted by Crippen LogP contribution is -2.44. The summed E-state index contributed by atoms with van der Waals surface area (Å²) in [6.07, 6.45) is 2.16. The number of aromatic nitrogens is 1. The van der Waals surface area contributed by atoms with Gasteiger partial charge in [-0.3, -0.25) is 9.78 Å². The van der Waals surface area contributed by atoms with Crippen molar-refractivity contribution in [3.05, 3.63) is 77.5 Å². The quantitative estimate of drug-likeness (QED) is 0.722. The van der Waals surface area contributed by atoms with Gasteiger partial charge in [-0.15, -0.1) is 0 Å². The first-order valence-corrected chi connectivity index (χ1v) is 8.74. The average molecular weight is 353 g/mol. The van der Waals surface area contributed by atoms with Crippen LogP contribution in [0.5, 0.6) is 0 Å². The van der Waals surface area contributed by atoms with Crippen LogP contribution in [0.3, 0.4) is 0 Å². The van der Waals surface area contributed by atoms with Crippen molar-refractivity contribution >= 4 is 16.8 Å². The molecule has 132 valence electrons. The largest absolute Gasteiger partial charge is 0.336 e. The molecule has 3 aromatic rings. The minimum atomic E-state index is -0.656. The molecule has 0 fully saturated rings. The molecule has 1 atom stereocenters. The van der Waals surface area contributed by atoms with Gasteiger partial charge in [0.05, 0.1) is 22.2 Å². The van der Waals surface area contributed by atoms with E-state index in [1.165, 1.54) is 6.20 Å². The van der Waals surface area contributed by atoms with Crippen molar-refractivity contribution in [3.63, 3.8) is 0 Å². The Balaban J connectivity index is 1.86. The maximum absolute atomic E-state index is 12.7. The van der Waals surface area contributed by atoms with Crippen LogP contribution in [0.4, 0.5) is 0 Å². The van der Waals surface area contributed by atoms with E-state index in [2.05, 4.69) is 28.2 Å². The molecule has 0 radical (unpaired) electrons. The van der Waals surface area contributed by atoms with E-state index >= 15 is 0 Å². The molecule has 1 unspecified atom stereocenters. The summed E-state index contributed by atoms with van der Waals surface area (Å²) >= 11 is 0. The first-order chi connectivity index (χ1) is 13.0. The molecule has 1 aromatic heterocycles. The van der Waals surface area contributed by atoms with Gasteiger partial charge in [-0.25, -0.2) is 0 Å². The summed E-state index contributed by atoms with van der Waals surface area (Å²) in [6, 6.07) is 18.9. The van der Waals surface area contributed by atoms with Gasteiger partial charge in [-0.05, 0) is 37.6 Å². The minimum Gasteiger partial charge on any atom is -0.336 e. The smallest absolute Gasteiger partial charge is 0.254 e. The standard InChI is InChI=1S/C23H19N3O/c1-3-23(2,13-12-17-8-5-4-6-9-17)26-22(27)20-14-18-10-7-11-19(15-24)21(18)25-16-20/h4-11,14,16H,3H2,1-2H3,(H,26,27). The van der Waals surface area contributed by atoms with Crippen LogP contribution in [-0.2, 0) is 0 Å². The Bertz CT molecular complexity index is 1090. The fourth-order valence-electron chi connectivity index (χ4n) is 2.64. The van der Waals surface area contributed by atoms with Gasteiger partial charge in [0.2, 0.25) is 0 Å². The van der Waals surface area contributed by atoms with Gasteiger partial charge in [0.1, 0.15) is 6.07 Å². The molecule has 2 aromatic carbocycles. The lowest BCUT2D eigenvalue weighted by molar-refractivity contribution is 0.0923. The van der Waals surface area contributed by atoms with Crippen molar-refractivity contribution in [2.24, 2.45) is 0 Å². The number of para-hydroxylation sites is 1. The second-order valence-corrected chi connectivity index (χ2v) is 6.47. The summed E-state index contributed by atoms with van der Waals surface area (Å²) in [5, 5.41) is 12.9. The molecule has 0 aliphatic heterocycles. The molecule has 1 amide bonds. The third-order valence-electron chi connectivity index (χ3n) is 4.45. The molecule has 1 N–H and O–H groups in total. The van der Waals surface area contributed by atoms with Crippen LogP contribution in [0.25, 0.3) is 10.9 Å². The summed E-state index contributed by atoms with van der Waals surface area (Å²) in [7, 11) is 0. The third-order valence-corrected chi connectivity index (χ3v) is 4.45. The first-order valence-electron chi connectivity index (χ1n) is 8.74. The maximum atomic E-state index is 12.7. The number of carbonyl (C=O) groups is 1. The normalized spacial score (nSPS) is 12.3. The number of pyridine rings is 1. The molecule has 4 heteroatoms. The second kappa shape index (κ2) is 7.72. The average Bonchev–Trinajstić information content (AvgIpc) is 2.72. The second-order valence-electron chi connectivity index (χ2n) is 6.47. The van der Waals surface area contributed by atoms with Crippen molar-refractivity contribution in [2.45, 2.75) is 25.8 Å². The van der Waals surface area contributed by atoms with Crippen LogP contribution in [0.15, 0.2) is 60.8 Å². The number of nitrogens with zero attached hydrogens (tertiary/aromatic N) is 2. The lowest BCUT2D eigenvalue weighted by atomic mass is 9.98.